The first-order chi connectivity index (χ1) is 12.9. The maximum atomic E-state index is 13.7. The molecule has 3 aromatic rings. The summed E-state index contributed by atoms with van der Waals surface area (Å²) in [5.74, 6) is 1.42. The van der Waals surface area contributed by atoms with Gasteiger partial charge in [0.2, 0.25) is 0 Å². The van der Waals surface area contributed by atoms with Crippen LogP contribution in [0, 0.1) is 27.7 Å². The van der Waals surface area contributed by atoms with E-state index >= 15 is 0 Å². The van der Waals surface area contributed by atoms with Crippen molar-refractivity contribution in [2.45, 2.75) is 27.7 Å². The van der Waals surface area contributed by atoms with Gasteiger partial charge < -0.3 is 13.6 Å². The fraction of sp³-hybridized carbons (Fsp3) is 0.182. The lowest BCUT2D eigenvalue weighted by atomic mass is 10.1. The van der Waals surface area contributed by atoms with E-state index in [9.17, 15) is 4.57 Å². The van der Waals surface area contributed by atoms with Crippen LogP contribution >= 0.6 is 7.82 Å². The Balaban J connectivity index is 2.01. The Hall–Kier alpha value is -2.71. The Bertz CT molecular complexity index is 925. The second kappa shape index (κ2) is 7.89. The Morgan fingerprint density at radius 2 is 0.963 bits per heavy atom. The lowest BCUT2D eigenvalue weighted by Gasteiger charge is -2.22. The van der Waals surface area contributed by atoms with Crippen LogP contribution in [-0.4, -0.2) is 0 Å². The topological polar surface area (TPSA) is 44.8 Å². The lowest BCUT2D eigenvalue weighted by Crippen LogP contribution is -2.10. The first-order valence-corrected chi connectivity index (χ1v) is 10.2. The van der Waals surface area contributed by atoms with Gasteiger partial charge in [-0.15, -0.1) is 0 Å². The van der Waals surface area contributed by atoms with Crippen molar-refractivity contribution in [3.05, 3.63) is 89.0 Å². The van der Waals surface area contributed by atoms with Crippen molar-refractivity contribution in [2.24, 2.45) is 0 Å². The van der Waals surface area contributed by atoms with E-state index in [0.29, 0.717) is 17.2 Å². The summed E-state index contributed by atoms with van der Waals surface area (Å²) >= 11 is 0. The Morgan fingerprint density at radius 1 is 0.556 bits per heavy atom. The summed E-state index contributed by atoms with van der Waals surface area (Å²) in [5.41, 5.74) is 3.40. The van der Waals surface area contributed by atoms with Gasteiger partial charge in [-0.1, -0.05) is 54.6 Å². The van der Waals surface area contributed by atoms with Crippen LogP contribution in [0.25, 0.3) is 0 Å². The molecule has 0 saturated carbocycles. The summed E-state index contributed by atoms with van der Waals surface area (Å²) < 4.78 is 31.2. The van der Waals surface area contributed by atoms with Crippen LogP contribution in [0.15, 0.2) is 66.7 Å². The van der Waals surface area contributed by atoms with Crippen LogP contribution in [0.4, 0.5) is 0 Å². The number of phosphoric acid groups is 1. The van der Waals surface area contributed by atoms with Crippen molar-refractivity contribution in [1.29, 1.82) is 0 Å². The number of para-hydroxylation sites is 3. The molecule has 27 heavy (non-hydrogen) atoms. The summed E-state index contributed by atoms with van der Waals surface area (Å²) in [7, 11) is -3.99. The monoisotopic (exact) mass is 382 g/mol. The van der Waals surface area contributed by atoms with Crippen LogP contribution in [0.5, 0.6) is 17.2 Å². The van der Waals surface area contributed by atoms with E-state index < -0.39 is 7.82 Å². The molecule has 4 nitrogen and oxygen atoms in total. The van der Waals surface area contributed by atoms with Crippen molar-refractivity contribution in [1.82, 2.24) is 0 Å². The first kappa shape index (κ1) is 19.1. The number of hydrogen-bond acceptors (Lipinski definition) is 4. The molecule has 0 N–H and O–H groups in total. The summed E-state index contributed by atoms with van der Waals surface area (Å²) in [5, 5.41) is 0. The third kappa shape index (κ3) is 4.53. The van der Waals surface area contributed by atoms with Gasteiger partial charge in [0.15, 0.2) is 0 Å². The summed E-state index contributed by atoms with van der Waals surface area (Å²) in [6, 6.07) is 20.4. The van der Waals surface area contributed by atoms with Gasteiger partial charge in [-0.3, -0.25) is 0 Å². The Labute approximate surface area is 160 Å². The number of rotatable bonds is 6. The highest BCUT2D eigenvalue weighted by atomic mass is 31.2. The van der Waals surface area contributed by atoms with Gasteiger partial charge >= 0.3 is 7.82 Å². The van der Waals surface area contributed by atoms with E-state index in [1.807, 2.05) is 82.3 Å². The van der Waals surface area contributed by atoms with Crippen LogP contribution in [-0.2, 0) is 4.57 Å². The Morgan fingerprint density at radius 3 is 1.41 bits per heavy atom. The summed E-state index contributed by atoms with van der Waals surface area (Å²) in [4.78, 5) is 0. The molecule has 0 aliphatic heterocycles. The molecule has 0 bridgehead atoms. The smallest absolute Gasteiger partial charge is 0.386 e. The molecule has 0 saturated heterocycles. The predicted molar refractivity (Wildman–Crippen MR) is 108 cm³/mol. The lowest BCUT2D eigenvalue weighted by molar-refractivity contribution is 0.295. The normalized spacial score (nSPS) is 11.1. The molecule has 0 aliphatic rings. The van der Waals surface area contributed by atoms with E-state index in [1.165, 1.54) is 0 Å². The van der Waals surface area contributed by atoms with Crippen molar-refractivity contribution in [3.8, 4) is 17.2 Å². The SMILES string of the molecule is Cc1ccccc1OP(=O)(Oc1ccccc1C)Oc1c(C)cccc1C. The minimum absolute atomic E-state index is 0.459. The summed E-state index contributed by atoms with van der Waals surface area (Å²) in [6.07, 6.45) is 0. The van der Waals surface area contributed by atoms with E-state index in [2.05, 4.69) is 0 Å². The molecule has 3 rings (SSSR count). The molecule has 0 atom stereocenters. The van der Waals surface area contributed by atoms with Gasteiger partial charge in [0.05, 0.1) is 0 Å². The molecule has 0 aromatic heterocycles. The van der Waals surface area contributed by atoms with Gasteiger partial charge in [-0.05, 0) is 62.1 Å². The number of aryl methyl sites for hydroxylation is 4. The molecule has 0 amide bonds. The highest BCUT2D eigenvalue weighted by Crippen LogP contribution is 2.51. The third-order valence-electron chi connectivity index (χ3n) is 4.22. The maximum absolute atomic E-state index is 13.7. The first-order valence-electron chi connectivity index (χ1n) is 8.74. The zero-order valence-electron chi connectivity index (χ0n) is 15.9. The van der Waals surface area contributed by atoms with E-state index in [0.717, 1.165) is 22.3 Å². The van der Waals surface area contributed by atoms with Gasteiger partial charge in [0.25, 0.3) is 0 Å². The second-order valence-electron chi connectivity index (χ2n) is 6.47. The number of benzene rings is 3. The largest absolute Gasteiger partial charge is 0.647 e. The molecule has 0 radical (unpaired) electrons. The Kier molecular flexibility index (Phi) is 5.57. The van der Waals surface area contributed by atoms with Gasteiger partial charge in [0, 0.05) is 0 Å². The molecule has 0 aliphatic carbocycles. The minimum Gasteiger partial charge on any atom is -0.386 e. The third-order valence-corrected chi connectivity index (χ3v) is 5.47. The average Bonchev–Trinajstić information content (AvgIpc) is 2.63. The standard InChI is InChI=1S/C22H23O4P/c1-16-10-5-7-14-20(16)24-27(23,25-21-15-8-6-11-17(21)2)26-22-18(3)12-9-13-19(22)4/h5-15H,1-4H3. The highest BCUT2D eigenvalue weighted by molar-refractivity contribution is 7.49. The molecule has 0 unspecified atom stereocenters. The fourth-order valence-electron chi connectivity index (χ4n) is 2.67. The van der Waals surface area contributed by atoms with E-state index in [4.69, 9.17) is 13.6 Å². The van der Waals surface area contributed by atoms with Gasteiger partial charge in [-0.2, -0.15) is 4.57 Å². The van der Waals surface area contributed by atoms with Crippen molar-refractivity contribution in [3.63, 3.8) is 0 Å². The molecular formula is C22H23O4P. The van der Waals surface area contributed by atoms with Crippen LogP contribution < -0.4 is 13.6 Å². The predicted octanol–water partition coefficient (Wildman–Crippen LogP) is 6.57. The molecule has 140 valence electrons. The maximum Gasteiger partial charge on any atom is 0.647 e. The van der Waals surface area contributed by atoms with Gasteiger partial charge in [0.1, 0.15) is 17.2 Å². The summed E-state index contributed by atoms with van der Waals surface area (Å²) in [6.45, 7) is 7.56. The van der Waals surface area contributed by atoms with Crippen molar-refractivity contribution < 1.29 is 18.1 Å². The number of phosphoric ester groups is 1. The zero-order valence-corrected chi connectivity index (χ0v) is 16.8. The molecule has 0 heterocycles. The fourth-order valence-corrected chi connectivity index (χ4v) is 4.18. The van der Waals surface area contributed by atoms with Crippen molar-refractivity contribution >= 4 is 7.82 Å². The molecule has 0 fully saturated rings. The molecule has 5 heteroatoms. The average molecular weight is 382 g/mol. The quantitative estimate of drug-likeness (QED) is 0.453. The van der Waals surface area contributed by atoms with Gasteiger partial charge in [-0.25, -0.2) is 0 Å². The van der Waals surface area contributed by atoms with E-state index in [1.54, 1.807) is 12.1 Å². The zero-order chi connectivity index (χ0) is 19.4. The van der Waals surface area contributed by atoms with Crippen molar-refractivity contribution in [2.75, 3.05) is 0 Å². The van der Waals surface area contributed by atoms with Crippen LogP contribution in [0.3, 0.4) is 0 Å². The van der Waals surface area contributed by atoms with Crippen LogP contribution in [0.1, 0.15) is 22.3 Å². The number of hydrogen-bond donors (Lipinski definition) is 0. The second-order valence-corrected chi connectivity index (χ2v) is 7.92. The molecule has 0 spiro atoms. The minimum atomic E-state index is -3.99. The van der Waals surface area contributed by atoms with Crippen LogP contribution in [0.2, 0.25) is 0 Å². The highest BCUT2D eigenvalue weighted by Gasteiger charge is 2.35. The molecule has 3 aromatic carbocycles. The molecular weight excluding hydrogens is 359 g/mol. The van der Waals surface area contributed by atoms with E-state index in [-0.39, 0.29) is 0 Å².